The van der Waals surface area contributed by atoms with E-state index in [0.29, 0.717) is 0 Å². The van der Waals surface area contributed by atoms with E-state index in [2.05, 4.69) is 0 Å². The van der Waals surface area contributed by atoms with E-state index in [-0.39, 0.29) is 23.4 Å². The normalized spacial score (nSPS) is 11.1. The average Bonchev–Trinajstić information content (AvgIpc) is 2.34. The predicted molar refractivity (Wildman–Crippen MR) is 68.8 cm³/mol. The van der Waals surface area contributed by atoms with Crippen molar-refractivity contribution >= 4 is 21.7 Å². The van der Waals surface area contributed by atoms with Crippen LogP contribution in [0.5, 0.6) is 0 Å². The molecule has 0 spiro atoms. The zero-order chi connectivity index (χ0) is 14.6. The first-order chi connectivity index (χ1) is 8.73. The van der Waals surface area contributed by atoms with Crippen LogP contribution in [0.25, 0.3) is 0 Å². The molecule has 0 aromatic heterocycles. The molecule has 0 atom stereocenters. The van der Waals surface area contributed by atoms with Crippen molar-refractivity contribution in [3.63, 3.8) is 0 Å². The molecule has 0 aliphatic carbocycles. The van der Waals surface area contributed by atoms with Crippen molar-refractivity contribution in [2.45, 2.75) is 11.3 Å². The highest BCUT2D eigenvalue weighted by Gasteiger charge is 2.20. The van der Waals surface area contributed by atoms with E-state index >= 15 is 0 Å². The molecular weight excluding hydrogens is 270 g/mol. The van der Waals surface area contributed by atoms with Crippen LogP contribution in [0, 0.1) is 0 Å². The summed E-state index contributed by atoms with van der Waals surface area (Å²) in [6, 6.07) is 5.86. The van der Waals surface area contributed by atoms with E-state index in [0.717, 1.165) is 6.26 Å². The van der Waals surface area contributed by atoms with Crippen molar-refractivity contribution in [3.8, 4) is 0 Å². The molecular formula is C12H15NO5S. The first-order valence-corrected chi connectivity index (χ1v) is 7.39. The number of carboxylic acid groups (broad SMARTS) is 1. The Balaban J connectivity index is 3.04. The fourth-order valence-electron chi connectivity index (χ4n) is 1.54. The molecule has 1 aromatic rings. The van der Waals surface area contributed by atoms with Gasteiger partial charge in [-0.05, 0) is 12.1 Å². The molecule has 0 aliphatic rings. The summed E-state index contributed by atoms with van der Waals surface area (Å²) in [4.78, 5) is 23.7. The lowest BCUT2D eigenvalue weighted by molar-refractivity contribution is -0.137. The average molecular weight is 285 g/mol. The zero-order valence-corrected chi connectivity index (χ0v) is 11.5. The van der Waals surface area contributed by atoms with E-state index in [1.807, 2.05) is 0 Å². The summed E-state index contributed by atoms with van der Waals surface area (Å²) in [6.45, 7) is 0.0201. The van der Waals surface area contributed by atoms with Gasteiger partial charge in [-0.15, -0.1) is 0 Å². The fourth-order valence-corrected chi connectivity index (χ4v) is 2.42. The second-order valence-corrected chi connectivity index (χ2v) is 6.12. The van der Waals surface area contributed by atoms with E-state index < -0.39 is 21.7 Å². The van der Waals surface area contributed by atoms with Crippen LogP contribution in [-0.4, -0.2) is 50.1 Å². The van der Waals surface area contributed by atoms with Gasteiger partial charge in [0, 0.05) is 19.8 Å². The molecule has 7 heteroatoms. The van der Waals surface area contributed by atoms with Gasteiger partial charge in [-0.25, -0.2) is 8.42 Å². The minimum absolute atomic E-state index is 0.0201. The number of aliphatic carboxylic acids is 1. The van der Waals surface area contributed by atoms with Gasteiger partial charge in [0.25, 0.3) is 5.91 Å². The number of hydrogen-bond acceptors (Lipinski definition) is 4. The van der Waals surface area contributed by atoms with Crippen LogP contribution in [0.15, 0.2) is 29.2 Å². The van der Waals surface area contributed by atoms with Crippen molar-refractivity contribution in [2.75, 3.05) is 19.8 Å². The quantitative estimate of drug-likeness (QED) is 0.857. The van der Waals surface area contributed by atoms with Crippen LogP contribution in [0.3, 0.4) is 0 Å². The van der Waals surface area contributed by atoms with Crippen molar-refractivity contribution in [1.29, 1.82) is 0 Å². The number of hydrogen-bond donors (Lipinski definition) is 1. The standard InChI is InChI=1S/C12H15NO5S/c1-13(8-7-11(14)15)12(16)9-5-3-4-6-10(9)19(2,17)18/h3-6H,7-8H2,1-2H3,(H,14,15). The van der Waals surface area contributed by atoms with Crippen molar-refractivity contribution < 1.29 is 23.1 Å². The highest BCUT2D eigenvalue weighted by molar-refractivity contribution is 7.90. The first-order valence-electron chi connectivity index (χ1n) is 5.50. The number of nitrogens with zero attached hydrogens (tertiary/aromatic N) is 1. The van der Waals surface area contributed by atoms with Crippen LogP contribution in [0.1, 0.15) is 16.8 Å². The van der Waals surface area contributed by atoms with E-state index in [4.69, 9.17) is 5.11 Å². The minimum atomic E-state index is -3.51. The summed E-state index contributed by atoms with van der Waals surface area (Å²) in [7, 11) is -2.07. The highest BCUT2D eigenvalue weighted by Crippen LogP contribution is 2.16. The van der Waals surface area contributed by atoms with Crippen LogP contribution in [-0.2, 0) is 14.6 Å². The lowest BCUT2D eigenvalue weighted by Gasteiger charge is -2.17. The molecule has 6 nitrogen and oxygen atoms in total. The molecule has 1 N–H and O–H groups in total. The summed E-state index contributed by atoms with van der Waals surface area (Å²) >= 11 is 0. The van der Waals surface area contributed by atoms with Gasteiger partial charge >= 0.3 is 5.97 Å². The number of carbonyl (C=O) groups is 2. The summed E-state index contributed by atoms with van der Waals surface area (Å²) in [6.07, 6.45) is 0.833. The maximum absolute atomic E-state index is 12.1. The third-order valence-corrected chi connectivity index (χ3v) is 3.68. The van der Waals surface area contributed by atoms with Crippen LogP contribution >= 0.6 is 0 Å². The topological polar surface area (TPSA) is 91.8 Å². The molecule has 1 rings (SSSR count). The zero-order valence-electron chi connectivity index (χ0n) is 10.7. The van der Waals surface area contributed by atoms with E-state index in [9.17, 15) is 18.0 Å². The van der Waals surface area contributed by atoms with Crippen molar-refractivity contribution in [2.24, 2.45) is 0 Å². The van der Waals surface area contributed by atoms with Gasteiger partial charge in [0.1, 0.15) is 0 Å². The first kappa shape index (κ1) is 15.2. The van der Waals surface area contributed by atoms with Crippen molar-refractivity contribution in [1.82, 2.24) is 4.90 Å². The number of rotatable bonds is 5. The molecule has 0 bridgehead atoms. The van der Waals surface area contributed by atoms with Gasteiger partial charge in [0.15, 0.2) is 9.84 Å². The maximum Gasteiger partial charge on any atom is 0.305 e. The number of carbonyl (C=O) groups excluding carboxylic acids is 1. The Kier molecular flexibility index (Phi) is 4.66. The Morgan fingerprint density at radius 3 is 2.37 bits per heavy atom. The van der Waals surface area contributed by atoms with Gasteiger partial charge < -0.3 is 10.0 Å². The summed E-state index contributed by atoms with van der Waals surface area (Å²) in [5, 5.41) is 8.56. The number of sulfone groups is 1. The predicted octanol–water partition coefficient (Wildman–Crippen LogP) is 0.637. The molecule has 1 amide bonds. The molecule has 0 saturated carbocycles. The Hall–Kier alpha value is -1.89. The summed E-state index contributed by atoms with van der Waals surface area (Å²) < 4.78 is 23.2. The van der Waals surface area contributed by atoms with Crippen molar-refractivity contribution in [3.05, 3.63) is 29.8 Å². The molecule has 0 radical (unpaired) electrons. The van der Waals surface area contributed by atoms with Gasteiger partial charge in [0.2, 0.25) is 0 Å². The molecule has 1 aromatic carbocycles. The number of benzene rings is 1. The minimum Gasteiger partial charge on any atom is -0.481 e. The lowest BCUT2D eigenvalue weighted by atomic mass is 10.2. The number of carboxylic acids is 1. The van der Waals surface area contributed by atoms with Crippen LogP contribution < -0.4 is 0 Å². The third-order valence-electron chi connectivity index (χ3n) is 2.52. The maximum atomic E-state index is 12.1. The fraction of sp³-hybridized carbons (Fsp3) is 0.333. The Labute approximate surface area is 111 Å². The molecule has 0 fully saturated rings. The monoisotopic (exact) mass is 285 g/mol. The summed E-state index contributed by atoms with van der Waals surface area (Å²) in [5.41, 5.74) is 0.0536. The van der Waals surface area contributed by atoms with E-state index in [1.54, 1.807) is 6.07 Å². The highest BCUT2D eigenvalue weighted by atomic mass is 32.2. The summed E-state index contributed by atoms with van der Waals surface area (Å²) in [5.74, 6) is -1.53. The molecule has 19 heavy (non-hydrogen) atoms. The third kappa shape index (κ3) is 4.06. The van der Waals surface area contributed by atoms with Gasteiger partial charge in [-0.2, -0.15) is 0 Å². The molecule has 0 unspecified atom stereocenters. The van der Waals surface area contributed by atoms with Gasteiger partial charge in [-0.1, -0.05) is 12.1 Å². The van der Waals surface area contributed by atoms with E-state index in [1.165, 1.54) is 30.1 Å². The second-order valence-electron chi connectivity index (χ2n) is 4.14. The van der Waals surface area contributed by atoms with Crippen LogP contribution in [0.4, 0.5) is 0 Å². The van der Waals surface area contributed by atoms with Gasteiger partial charge in [0.05, 0.1) is 16.9 Å². The number of amides is 1. The molecule has 104 valence electrons. The smallest absolute Gasteiger partial charge is 0.305 e. The molecule has 0 heterocycles. The molecule has 0 saturated heterocycles. The van der Waals surface area contributed by atoms with Crippen LogP contribution in [0.2, 0.25) is 0 Å². The SMILES string of the molecule is CN(CCC(=O)O)C(=O)c1ccccc1S(C)(=O)=O. The molecule has 0 aliphatic heterocycles. The lowest BCUT2D eigenvalue weighted by Crippen LogP contribution is -2.30. The van der Waals surface area contributed by atoms with Gasteiger partial charge in [-0.3, -0.25) is 9.59 Å². The largest absolute Gasteiger partial charge is 0.481 e. The Morgan fingerprint density at radius 1 is 1.26 bits per heavy atom. The Bertz CT molecular complexity index is 594. The Morgan fingerprint density at radius 2 is 1.84 bits per heavy atom. The second kappa shape index (κ2) is 5.83.